The predicted molar refractivity (Wildman–Crippen MR) is 61.2 cm³/mol. The van der Waals surface area contributed by atoms with Gasteiger partial charge in [0.15, 0.2) is 0 Å². The van der Waals surface area contributed by atoms with Crippen LogP contribution in [0.25, 0.3) is 0 Å². The molecule has 0 N–H and O–H groups in total. The highest BCUT2D eigenvalue weighted by Crippen LogP contribution is 2.08. The van der Waals surface area contributed by atoms with E-state index in [4.69, 9.17) is 0 Å². The van der Waals surface area contributed by atoms with Gasteiger partial charge >= 0.3 is 0 Å². The first-order chi connectivity index (χ1) is 6.74. The Balaban J connectivity index is 2.47. The Bertz CT molecular complexity index is 278. The average Bonchev–Trinajstić information content (AvgIpc) is 2.18. The second kappa shape index (κ2) is 6.04. The minimum atomic E-state index is -0.120. The van der Waals surface area contributed by atoms with E-state index in [1.807, 2.05) is 19.2 Å². The van der Waals surface area contributed by atoms with Crippen LogP contribution >= 0.6 is 12.6 Å². The Morgan fingerprint density at radius 1 is 1.36 bits per heavy atom. The van der Waals surface area contributed by atoms with E-state index in [0.717, 1.165) is 24.3 Å². The fraction of sp³-hybridized carbons (Fsp3) is 0.455. The van der Waals surface area contributed by atoms with Crippen LogP contribution in [-0.4, -0.2) is 24.2 Å². The zero-order valence-electron chi connectivity index (χ0n) is 8.41. The Labute approximate surface area is 90.3 Å². The van der Waals surface area contributed by atoms with Crippen molar-refractivity contribution < 1.29 is 4.39 Å². The summed E-state index contributed by atoms with van der Waals surface area (Å²) in [5, 5.41) is 0. The lowest BCUT2D eigenvalue weighted by molar-refractivity contribution is 0.323. The molecule has 78 valence electrons. The summed E-state index contributed by atoms with van der Waals surface area (Å²) < 4.78 is 13.2. The maximum atomic E-state index is 13.2. The first-order valence-electron chi connectivity index (χ1n) is 4.77. The van der Waals surface area contributed by atoms with Crippen LogP contribution < -0.4 is 0 Å². The van der Waals surface area contributed by atoms with E-state index in [-0.39, 0.29) is 5.82 Å². The third-order valence-electron chi connectivity index (χ3n) is 2.10. The van der Waals surface area contributed by atoms with Gasteiger partial charge in [-0.15, -0.1) is 0 Å². The van der Waals surface area contributed by atoms with Gasteiger partial charge in [-0.1, -0.05) is 18.2 Å². The lowest BCUT2D eigenvalue weighted by Crippen LogP contribution is -2.20. The Kier molecular flexibility index (Phi) is 4.98. The first kappa shape index (κ1) is 11.5. The molecule has 0 spiro atoms. The molecule has 0 unspecified atom stereocenters. The molecule has 1 rings (SSSR count). The van der Waals surface area contributed by atoms with Gasteiger partial charge in [0.2, 0.25) is 0 Å². The van der Waals surface area contributed by atoms with Crippen molar-refractivity contribution in [2.75, 3.05) is 19.3 Å². The maximum absolute atomic E-state index is 13.2. The number of thiol groups is 1. The van der Waals surface area contributed by atoms with Gasteiger partial charge in [0.05, 0.1) is 0 Å². The van der Waals surface area contributed by atoms with E-state index in [2.05, 4.69) is 17.5 Å². The summed E-state index contributed by atoms with van der Waals surface area (Å²) >= 11 is 4.14. The summed E-state index contributed by atoms with van der Waals surface area (Å²) in [5.74, 6) is 0.756. The zero-order chi connectivity index (χ0) is 10.4. The Morgan fingerprint density at radius 3 is 2.71 bits per heavy atom. The molecule has 0 fully saturated rings. The van der Waals surface area contributed by atoms with E-state index in [1.165, 1.54) is 6.07 Å². The molecule has 14 heavy (non-hydrogen) atoms. The van der Waals surface area contributed by atoms with Crippen LogP contribution in [-0.2, 0) is 6.54 Å². The van der Waals surface area contributed by atoms with Crippen LogP contribution in [0.5, 0.6) is 0 Å². The highest BCUT2D eigenvalue weighted by atomic mass is 32.1. The summed E-state index contributed by atoms with van der Waals surface area (Å²) in [5.41, 5.74) is 0.758. The largest absolute Gasteiger partial charge is 0.302 e. The molecule has 1 aromatic carbocycles. The van der Waals surface area contributed by atoms with Crippen molar-refractivity contribution in [3.8, 4) is 0 Å². The van der Waals surface area contributed by atoms with Gasteiger partial charge in [-0.05, 0) is 31.8 Å². The van der Waals surface area contributed by atoms with Crippen molar-refractivity contribution in [1.82, 2.24) is 4.90 Å². The standard InChI is InChI=1S/C11H16FNS/c1-13(7-4-8-14)9-10-5-2-3-6-11(10)12/h2-3,5-6,14H,4,7-9H2,1H3. The van der Waals surface area contributed by atoms with Crippen LogP contribution in [0.3, 0.4) is 0 Å². The summed E-state index contributed by atoms with van der Waals surface area (Å²) in [6, 6.07) is 6.91. The number of halogens is 1. The van der Waals surface area contributed by atoms with Gasteiger partial charge in [-0.3, -0.25) is 0 Å². The lowest BCUT2D eigenvalue weighted by Gasteiger charge is -2.16. The van der Waals surface area contributed by atoms with E-state index in [1.54, 1.807) is 6.07 Å². The summed E-state index contributed by atoms with van der Waals surface area (Å²) in [7, 11) is 2.00. The molecule has 0 saturated carbocycles. The minimum absolute atomic E-state index is 0.120. The number of hydrogen-bond donors (Lipinski definition) is 1. The van der Waals surface area contributed by atoms with Gasteiger partial charge in [0, 0.05) is 12.1 Å². The maximum Gasteiger partial charge on any atom is 0.127 e. The molecule has 0 amide bonds. The zero-order valence-corrected chi connectivity index (χ0v) is 9.30. The number of benzene rings is 1. The van der Waals surface area contributed by atoms with Crippen LogP contribution in [0.1, 0.15) is 12.0 Å². The molecule has 0 aliphatic heterocycles. The number of rotatable bonds is 5. The molecular weight excluding hydrogens is 197 g/mol. The van der Waals surface area contributed by atoms with Gasteiger partial charge < -0.3 is 4.90 Å². The van der Waals surface area contributed by atoms with Gasteiger partial charge in [-0.2, -0.15) is 12.6 Å². The van der Waals surface area contributed by atoms with Crippen molar-refractivity contribution in [3.63, 3.8) is 0 Å². The number of nitrogens with zero attached hydrogens (tertiary/aromatic N) is 1. The first-order valence-corrected chi connectivity index (χ1v) is 5.40. The topological polar surface area (TPSA) is 3.24 Å². The molecular formula is C11H16FNS. The Morgan fingerprint density at radius 2 is 2.07 bits per heavy atom. The summed E-state index contributed by atoms with van der Waals surface area (Å²) in [4.78, 5) is 2.11. The van der Waals surface area contributed by atoms with Crippen LogP contribution in [0.15, 0.2) is 24.3 Å². The van der Waals surface area contributed by atoms with Crippen LogP contribution in [0.2, 0.25) is 0 Å². The monoisotopic (exact) mass is 213 g/mol. The predicted octanol–water partition coefficient (Wildman–Crippen LogP) is 2.58. The molecule has 0 bridgehead atoms. The smallest absolute Gasteiger partial charge is 0.127 e. The summed E-state index contributed by atoms with van der Waals surface area (Å²) in [6.07, 6.45) is 1.04. The fourth-order valence-corrected chi connectivity index (χ4v) is 1.48. The number of hydrogen-bond acceptors (Lipinski definition) is 2. The molecule has 0 aliphatic rings. The van der Waals surface area contributed by atoms with Crippen molar-refractivity contribution in [2.45, 2.75) is 13.0 Å². The normalized spacial score (nSPS) is 10.9. The van der Waals surface area contributed by atoms with Crippen LogP contribution in [0, 0.1) is 5.82 Å². The third kappa shape index (κ3) is 3.68. The van der Waals surface area contributed by atoms with Crippen molar-refractivity contribution >= 4 is 12.6 Å². The van der Waals surface area contributed by atoms with Gasteiger partial charge in [0.1, 0.15) is 5.82 Å². The van der Waals surface area contributed by atoms with E-state index >= 15 is 0 Å². The average molecular weight is 213 g/mol. The molecule has 0 aliphatic carbocycles. The molecule has 0 aromatic heterocycles. The van der Waals surface area contributed by atoms with E-state index in [9.17, 15) is 4.39 Å². The lowest BCUT2D eigenvalue weighted by atomic mass is 10.2. The van der Waals surface area contributed by atoms with Gasteiger partial charge in [-0.25, -0.2) is 4.39 Å². The molecule has 3 heteroatoms. The Hall–Kier alpha value is -0.540. The van der Waals surface area contributed by atoms with Gasteiger partial charge in [0.25, 0.3) is 0 Å². The van der Waals surface area contributed by atoms with E-state index in [0.29, 0.717) is 6.54 Å². The second-order valence-corrected chi connectivity index (χ2v) is 3.85. The summed E-state index contributed by atoms with van der Waals surface area (Å²) in [6.45, 7) is 1.62. The van der Waals surface area contributed by atoms with Crippen molar-refractivity contribution in [3.05, 3.63) is 35.6 Å². The third-order valence-corrected chi connectivity index (χ3v) is 2.41. The molecule has 0 saturated heterocycles. The second-order valence-electron chi connectivity index (χ2n) is 3.41. The van der Waals surface area contributed by atoms with E-state index < -0.39 is 0 Å². The molecule has 1 nitrogen and oxygen atoms in total. The molecule has 0 radical (unpaired) electrons. The SMILES string of the molecule is CN(CCCS)Cc1ccccc1F. The molecule has 0 heterocycles. The van der Waals surface area contributed by atoms with Crippen molar-refractivity contribution in [1.29, 1.82) is 0 Å². The van der Waals surface area contributed by atoms with Crippen LogP contribution in [0.4, 0.5) is 4.39 Å². The molecule has 0 atom stereocenters. The molecule has 1 aromatic rings. The minimum Gasteiger partial charge on any atom is -0.302 e. The highest BCUT2D eigenvalue weighted by molar-refractivity contribution is 7.80. The van der Waals surface area contributed by atoms with Crippen molar-refractivity contribution in [2.24, 2.45) is 0 Å². The fourth-order valence-electron chi connectivity index (χ4n) is 1.34. The quantitative estimate of drug-likeness (QED) is 0.736. The highest BCUT2D eigenvalue weighted by Gasteiger charge is 2.03.